The van der Waals surface area contributed by atoms with Gasteiger partial charge in [-0.25, -0.2) is 8.78 Å². The van der Waals surface area contributed by atoms with Crippen LogP contribution < -0.4 is 10.1 Å². The van der Waals surface area contributed by atoms with Gasteiger partial charge in [-0.1, -0.05) is 12.1 Å². The maximum Gasteiger partial charge on any atom is 0.265 e. The number of nitrogens with zero attached hydrogens (tertiary/aromatic N) is 1. The summed E-state index contributed by atoms with van der Waals surface area (Å²) in [5.41, 5.74) is 0.419. The maximum atomic E-state index is 13.1. The van der Waals surface area contributed by atoms with Crippen LogP contribution in [-0.2, 0) is 4.79 Å². The van der Waals surface area contributed by atoms with Gasteiger partial charge in [0.1, 0.15) is 11.8 Å². The number of halogens is 2. The molecule has 6 heteroatoms. The van der Waals surface area contributed by atoms with Crippen molar-refractivity contribution in [2.24, 2.45) is 0 Å². The molecule has 0 fully saturated rings. The van der Waals surface area contributed by atoms with Gasteiger partial charge in [0, 0.05) is 11.8 Å². The molecule has 0 aromatic heterocycles. The van der Waals surface area contributed by atoms with Gasteiger partial charge in [0.05, 0.1) is 5.56 Å². The molecule has 0 spiro atoms. The average Bonchev–Trinajstić information content (AvgIpc) is 2.51. The third-order valence-electron chi connectivity index (χ3n) is 2.87. The summed E-state index contributed by atoms with van der Waals surface area (Å²) in [5, 5.41) is 11.4. The lowest BCUT2D eigenvalue weighted by Gasteiger charge is -2.15. The van der Waals surface area contributed by atoms with Crippen molar-refractivity contribution < 1.29 is 18.3 Å². The molecule has 1 amide bonds. The first kappa shape index (κ1) is 15.4. The fraction of sp³-hybridized carbons (Fsp3) is 0.125. The van der Waals surface area contributed by atoms with E-state index in [4.69, 9.17) is 10.00 Å². The topological polar surface area (TPSA) is 62.1 Å². The van der Waals surface area contributed by atoms with Crippen molar-refractivity contribution in [1.82, 2.24) is 0 Å². The summed E-state index contributed by atoms with van der Waals surface area (Å²) >= 11 is 0. The highest BCUT2D eigenvalue weighted by Gasteiger charge is 2.17. The summed E-state index contributed by atoms with van der Waals surface area (Å²) in [5.74, 6) is -2.32. The molecule has 0 bridgehead atoms. The Morgan fingerprint density at radius 3 is 2.64 bits per heavy atom. The molecule has 22 heavy (non-hydrogen) atoms. The number of benzene rings is 2. The van der Waals surface area contributed by atoms with Crippen molar-refractivity contribution in [2.45, 2.75) is 13.0 Å². The zero-order valence-electron chi connectivity index (χ0n) is 11.6. The quantitative estimate of drug-likeness (QED) is 0.943. The summed E-state index contributed by atoms with van der Waals surface area (Å²) in [6.07, 6.45) is -0.914. The molecule has 2 aromatic rings. The Hall–Kier alpha value is -2.94. The summed E-state index contributed by atoms with van der Waals surface area (Å²) in [7, 11) is 0. The van der Waals surface area contributed by atoms with Crippen molar-refractivity contribution in [2.75, 3.05) is 5.32 Å². The van der Waals surface area contributed by atoms with Crippen molar-refractivity contribution in [3.8, 4) is 11.8 Å². The van der Waals surface area contributed by atoms with Crippen LogP contribution in [-0.4, -0.2) is 12.0 Å². The van der Waals surface area contributed by atoms with E-state index < -0.39 is 23.6 Å². The van der Waals surface area contributed by atoms with Crippen molar-refractivity contribution >= 4 is 11.6 Å². The second-order valence-corrected chi connectivity index (χ2v) is 4.49. The van der Waals surface area contributed by atoms with E-state index in [9.17, 15) is 13.6 Å². The minimum Gasteiger partial charge on any atom is -0.480 e. The number of anilines is 1. The summed E-state index contributed by atoms with van der Waals surface area (Å²) in [4.78, 5) is 12.0. The Bertz CT molecular complexity index is 741. The van der Waals surface area contributed by atoms with Gasteiger partial charge in [0.15, 0.2) is 17.7 Å². The van der Waals surface area contributed by atoms with Gasteiger partial charge in [-0.3, -0.25) is 4.79 Å². The second kappa shape index (κ2) is 6.68. The number of amides is 1. The first-order valence-corrected chi connectivity index (χ1v) is 6.43. The highest BCUT2D eigenvalue weighted by Crippen LogP contribution is 2.19. The molecule has 1 atom stereocenters. The summed E-state index contributed by atoms with van der Waals surface area (Å²) < 4.78 is 31.3. The largest absolute Gasteiger partial charge is 0.480 e. The molecule has 2 aromatic carbocycles. The monoisotopic (exact) mass is 302 g/mol. The number of carbonyl (C=O) groups is 1. The van der Waals surface area contributed by atoms with E-state index in [1.807, 2.05) is 6.07 Å². The molecular weight excluding hydrogens is 290 g/mol. The summed E-state index contributed by atoms with van der Waals surface area (Å²) in [6, 6.07) is 11.5. The van der Waals surface area contributed by atoms with Crippen LogP contribution in [0.4, 0.5) is 14.5 Å². The van der Waals surface area contributed by atoms with Crippen molar-refractivity contribution in [3.63, 3.8) is 0 Å². The van der Waals surface area contributed by atoms with Crippen LogP contribution in [0.15, 0.2) is 42.5 Å². The number of ether oxygens (including phenoxy) is 1. The third kappa shape index (κ3) is 3.58. The van der Waals surface area contributed by atoms with Crippen LogP contribution in [0.5, 0.6) is 5.75 Å². The Labute approximate surface area is 125 Å². The molecular formula is C16H12F2N2O2. The highest BCUT2D eigenvalue weighted by atomic mass is 19.2. The molecule has 2 rings (SSSR count). The standard InChI is InChI=1S/C16H12F2N2O2/c1-10(22-15-5-3-2-4-11(15)9-19)16(21)20-12-6-7-13(17)14(18)8-12/h2-8,10H,1H3,(H,20,21). The van der Waals surface area contributed by atoms with Gasteiger partial charge in [-0.15, -0.1) is 0 Å². The van der Waals surface area contributed by atoms with Crippen molar-refractivity contribution in [1.29, 1.82) is 5.26 Å². The van der Waals surface area contributed by atoms with E-state index in [1.54, 1.807) is 24.3 Å². The number of para-hydroxylation sites is 1. The van der Waals surface area contributed by atoms with Crippen LogP contribution in [0, 0.1) is 23.0 Å². The molecule has 0 aliphatic carbocycles. The van der Waals surface area contributed by atoms with Crippen LogP contribution in [0.3, 0.4) is 0 Å². The van der Waals surface area contributed by atoms with E-state index in [0.29, 0.717) is 5.56 Å². The fourth-order valence-electron chi connectivity index (χ4n) is 1.72. The Balaban J connectivity index is 2.06. The molecule has 0 heterocycles. The van der Waals surface area contributed by atoms with Gasteiger partial charge < -0.3 is 10.1 Å². The number of hydrogen-bond donors (Lipinski definition) is 1. The molecule has 1 unspecified atom stereocenters. The number of carbonyl (C=O) groups excluding carboxylic acids is 1. The van der Waals surface area contributed by atoms with Crippen LogP contribution in [0.2, 0.25) is 0 Å². The summed E-state index contributed by atoms with van der Waals surface area (Å²) in [6.45, 7) is 1.49. The van der Waals surface area contributed by atoms with Gasteiger partial charge in [0.2, 0.25) is 0 Å². The minimum atomic E-state index is -1.05. The second-order valence-electron chi connectivity index (χ2n) is 4.49. The van der Waals surface area contributed by atoms with Gasteiger partial charge in [0.25, 0.3) is 5.91 Å². The van der Waals surface area contributed by atoms with Crippen molar-refractivity contribution in [3.05, 3.63) is 59.7 Å². The molecule has 0 saturated carbocycles. The molecule has 112 valence electrons. The van der Waals surface area contributed by atoms with E-state index in [-0.39, 0.29) is 11.4 Å². The first-order valence-electron chi connectivity index (χ1n) is 6.43. The van der Waals surface area contributed by atoms with E-state index in [1.165, 1.54) is 13.0 Å². The fourth-order valence-corrected chi connectivity index (χ4v) is 1.72. The van der Waals surface area contributed by atoms with E-state index in [0.717, 1.165) is 12.1 Å². The number of rotatable bonds is 4. The SMILES string of the molecule is CC(Oc1ccccc1C#N)C(=O)Nc1ccc(F)c(F)c1. The average molecular weight is 302 g/mol. The predicted octanol–water partition coefficient (Wildman–Crippen LogP) is 3.24. The third-order valence-corrected chi connectivity index (χ3v) is 2.87. The lowest BCUT2D eigenvalue weighted by atomic mass is 10.2. The number of nitriles is 1. The number of hydrogen-bond acceptors (Lipinski definition) is 3. The Kier molecular flexibility index (Phi) is 4.69. The number of nitrogens with one attached hydrogen (secondary N) is 1. The van der Waals surface area contributed by atoms with E-state index in [2.05, 4.69) is 5.32 Å². The lowest BCUT2D eigenvalue weighted by Crippen LogP contribution is -2.30. The lowest BCUT2D eigenvalue weighted by molar-refractivity contribution is -0.122. The first-order chi connectivity index (χ1) is 10.5. The molecule has 4 nitrogen and oxygen atoms in total. The molecule has 0 radical (unpaired) electrons. The minimum absolute atomic E-state index is 0.118. The van der Waals surface area contributed by atoms with Gasteiger partial charge >= 0.3 is 0 Å². The highest BCUT2D eigenvalue weighted by molar-refractivity contribution is 5.94. The van der Waals surface area contributed by atoms with Crippen LogP contribution in [0.25, 0.3) is 0 Å². The zero-order chi connectivity index (χ0) is 16.1. The molecule has 0 aliphatic rings. The zero-order valence-corrected chi connectivity index (χ0v) is 11.6. The Morgan fingerprint density at radius 1 is 1.23 bits per heavy atom. The van der Waals surface area contributed by atoms with Crippen LogP contribution in [0.1, 0.15) is 12.5 Å². The predicted molar refractivity (Wildman–Crippen MR) is 76.2 cm³/mol. The van der Waals surface area contributed by atoms with Crippen LogP contribution >= 0.6 is 0 Å². The smallest absolute Gasteiger partial charge is 0.265 e. The maximum absolute atomic E-state index is 13.1. The van der Waals surface area contributed by atoms with Gasteiger partial charge in [-0.2, -0.15) is 5.26 Å². The van der Waals surface area contributed by atoms with Gasteiger partial charge in [-0.05, 0) is 31.2 Å². The normalized spacial score (nSPS) is 11.4. The molecule has 0 saturated heterocycles. The Morgan fingerprint density at radius 2 is 1.95 bits per heavy atom. The molecule has 0 aliphatic heterocycles. The van der Waals surface area contributed by atoms with E-state index >= 15 is 0 Å². The molecule has 1 N–H and O–H groups in total.